The van der Waals surface area contributed by atoms with E-state index in [2.05, 4.69) is 18.7 Å². The molecule has 1 aliphatic rings. The van der Waals surface area contributed by atoms with Crippen molar-refractivity contribution in [2.75, 3.05) is 13.1 Å². The maximum Gasteiger partial charge on any atom is 0.203 e. The zero-order valence-corrected chi connectivity index (χ0v) is 9.62. The summed E-state index contributed by atoms with van der Waals surface area (Å²) in [6.07, 6.45) is 1.21. The van der Waals surface area contributed by atoms with Gasteiger partial charge in [0, 0.05) is 12.6 Å². The average molecular weight is 231 g/mol. The van der Waals surface area contributed by atoms with Crippen molar-refractivity contribution in [1.82, 2.24) is 4.90 Å². The van der Waals surface area contributed by atoms with Gasteiger partial charge in [-0.15, -0.1) is 0 Å². The van der Waals surface area contributed by atoms with Crippen LogP contribution in [0.1, 0.15) is 20.3 Å². The first-order chi connectivity index (χ1) is 5.40. The van der Waals surface area contributed by atoms with Crippen LogP contribution in [0.3, 0.4) is 0 Å². The van der Waals surface area contributed by atoms with Crippen LogP contribution in [-0.4, -0.2) is 27.8 Å². The number of hydrogen-bond donors (Lipinski definition) is 0. The molecule has 1 rings (SSSR count). The predicted octanol–water partition coefficient (Wildman–Crippen LogP) is 3.09. The van der Waals surface area contributed by atoms with Gasteiger partial charge in [-0.25, -0.2) is 0 Å². The van der Waals surface area contributed by atoms with E-state index in [1.807, 2.05) is 0 Å². The second-order valence-electron chi connectivity index (χ2n) is 3.59. The van der Waals surface area contributed by atoms with E-state index in [0.29, 0.717) is 12.6 Å². The molecule has 0 aromatic carbocycles. The van der Waals surface area contributed by atoms with E-state index in [-0.39, 0.29) is 0 Å². The Morgan fingerprint density at radius 1 is 1.33 bits per heavy atom. The Hall–Kier alpha value is 0.830. The quantitative estimate of drug-likeness (QED) is 0.626. The Morgan fingerprint density at radius 2 is 1.92 bits per heavy atom. The molecule has 0 aromatic heterocycles. The van der Waals surface area contributed by atoms with E-state index >= 15 is 0 Å². The summed E-state index contributed by atoms with van der Waals surface area (Å²) >= 11 is 17.1. The van der Waals surface area contributed by atoms with Gasteiger partial charge in [0.1, 0.15) is 0 Å². The maximum atomic E-state index is 5.72. The molecule has 4 heteroatoms. The van der Waals surface area contributed by atoms with E-state index in [1.54, 1.807) is 0 Å². The lowest BCUT2D eigenvalue weighted by molar-refractivity contribution is 0.252. The molecule has 1 saturated heterocycles. The van der Waals surface area contributed by atoms with Crippen molar-refractivity contribution in [3.63, 3.8) is 0 Å². The number of alkyl halides is 3. The number of nitrogens with zero attached hydrogens (tertiary/aromatic N) is 1. The first kappa shape index (κ1) is 10.9. The summed E-state index contributed by atoms with van der Waals surface area (Å²) in [6, 6.07) is 0.542. The molecule has 0 radical (unpaired) electrons. The lowest BCUT2D eigenvalue weighted by atomic mass is 10.1. The minimum atomic E-state index is -1.13. The highest BCUT2D eigenvalue weighted by atomic mass is 35.6. The molecule has 1 nitrogen and oxygen atoms in total. The third kappa shape index (κ3) is 2.95. The summed E-state index contributed by atoms with van der Waals surface area (Å²) in [6.45, 7) is 6.02. The molecule has 12 heavy (non-hydrogen) atoms. The molecule has 2 unspecified atom stereocenters. The Labute approximate surface area is 89.0 Å². The SMILES string of the molecule is CC1CCN(CC(Cl)(Cl)Cl)C1C. The highest BCUT2D eigenvalue weighted by Gasteiger charge is 2.32. The highest BCUT2D eigenvalue weighted by Crippen LogP contribution is 2.32. The van der Waals surface area contributed by atoms with Crippen LogP contribution in [0, 0.1) is 5.92 Å². The molecule has 0 N–H and O–H groups in total. The Kier molecular flexibility index (Phi) is 3.56. The van der Waals surface area contributed by atoms with Gasteiger partial charge in [-0.1, -0.05) is 41.7 Å². The molecule has 1 fully saturated rings. The summed E-state index contributed by atoms with van der Waals surface area (Å²) < 4.78 is -1.13. The second-order valence-corrected chi connectivity index (χ2v) is 6.11. The molecule has 0 aliphatic carbocycles. The van der Waals surface area contributed by atoms with Gasteiger partial charge in [0.2, 0.25) is 3.79 Å². The Morgan fingerprint density at radius 3 is 2.25 bits per heavy atom. The lowest BCUT2D eigenvalue weighted by Crippen LogP contribution is -2.36. The summed E-state index contributed by atoms with van der Waals surface area (Å²) in [4.78, 5) is 2.23. The van der Waals surface area contributed by atoms with Gasteiger partial charge in [0.25, 0.3) is 0 Å². The first-order valence-electron chi connectivity index (χ1n) is 4.21. The van der Waals surface area contributed by atoms with Crippen molar-refractivity contribution in [2.45, 2.75) is 30.1 Å². The smallest absolute Gasteiger partial charge is 0.203 e. The number of hydrogen-bond acceptors (Lipinski definition) is 1. The van der Waals surface area contributed by atoms with Crippen LogP contribution in [-0.2, 0) is 0 Å². The fourth-order valence-corrected chi connectivity index (χ4v) is 2.09. The van der Waals surface area contributed by atoms with E-state index < -0.39 is 3.79 Å². The van der Waals surface area contributed by atoms with Crippen LogP contribution in [0.2, 0.25) is 0 Å². The molecule has 72 valence electrons. The molecular formula is C8H14Cl3N. The molecule has 0 aromatic rings. The van der Waals surface area contributed by atoms with Gasteiger partial charge in [-0.05, 0) is 25.8 Å². The minimum Gasteiger partial charge on any atom is -0.296 e. The largest absolute Gasteiger partial charge is 0.296 e. The van der Waals surface area contributed by atoms with E-state index in [1.165, 1.54) is 6.42 Å². The van der Waals surface area contributed by atoms with Crippen molar-refractivity contribution in [1.29, 1.82) is 0 Å². The summed E-state index contributed by atoms with van der Waals surface area (Å²) in [5, 5.41) is 0. The predicted molar refractivity (Wildman–Crippen MR) is 55.1 cm³/mol. The fourth-order valence-electron chi connectivity index (χ4n) is 1.63. The zero-order chi connectivity index (χ0) is 9.35. The van der Waals surface area contributed by atoms with Crippen molar-refractivity contribution < 1.29 is 0 Å². The molecule has 1 heterocycles. The Balaban J connectivity index is 2.44. The molecule has 0 saturated carbocycles. The zero-order valence-electron chi connectivity index (χ0n) is 7.36. The standard InChI is InChI=1S/C8H14Cl3N/c1-6-3-4-12(7(6)2)5-8(9,10)11/h6-7H,3-5H2,1-2H3. The van der Waals surface area contributed by atoms with E-state index in [9.17, 15) is 0 Å². The number of halogens is 3. The van der Waals surface area contributed by atoms with Crippen LogP contribution < -0.4 is 0 Å². The second kappa shape index (κ2) is 3.91. The van der Waals surface area contributed by atoms with Crippen LogP contribution in [0.5, 0.6) is 0 Å². The van der Waals surface area contributed by atoms with E-state index in [4.69, 9.17) is 34.8 Å². The van der Waals surface area contributed by atoms with Gasteiger partial charge in [0.05, 0.1) is 0 Å². The normalized spacial score (nSPS) is 32.8. The van der Waals surface area contributed by atoms with Gasteiger partial charge < -0.3 is 0 Å². The van der Waals surface area contributed by atoms with Crippen LogP contribution in [0.25, 0.3) is 0 Å². The molecule has 0 spiro atoms. The van der Waals surface area contributed by atoms with Crippen molar-refractivity contribution >= 4 is 34.8 Å². The monoisotopic (exact) mass is 229 g/mol. The number of likely N-dealkylation sites (tertiary alicyclic amines) is 1. The molecule has 0 bridgehead atoms. The third-order valence-corrected chi connectivity index (χ3v) is 3.01. The maximum absolute atomic E-state index is 5.72. The Bertz CT molecular complexity index is 155. The van der Waals surface area contributed by atoms with Crippen molar-refractivity contribution in [3.05, 3.63) is 0 Å². The number of rotatable bonds is 1. The fraction of sp³-hybridized carbons (Fsp3) is 1.00. The molecular weight excluding hydrogens is 216 g/mol. The van der Waals surface area contributed by atoms with Crippen LogP contribution in [0.15, 0.2) is 0 Å². The molecule has 1 aliphatic heterocycles. The van der Waals surface area contributed by atoms with Crippen LogP contribution in [0.4, 0.5) is 0 Å². The van der Waals surface area contributed by atoms with Gasteiger partial charge >= 0.3 is 0 Å². The summed E-state index contributed by atoms with van der Waals surface area (Å²) in [5.74, 6) is 0.720. The lowest BCUT2D eigenvalue weighted by Gasteiger charge is -2.26. The summed E-state index contributed by atoms with van der Waals surface area (Å²) in [5.41, 5.74) is 0. The third-order valence-electron chi connectivity index (χ3n) is 2.65. The van der Waals surface area contributed by atoms with Gasteiger partial charge in [-0.2, -0.15) is 0 Å². The van der Waals surface area contributed by atoms with Crippen LogP contribution >= 0.6 is 34.8 Å². The highest BCUT2D eigenvalue weighted by molar-refractivity contribution is 6.67. The minimum absolute atomic E-state index is 0.542. The van der Waals surface area contributed by atoms with Crippen molar-refractivity contribution in [3.8, 4) is 0 Å². The van der Waals surface area contributed by atoms with E-state index in [0.717, 1.165) is 12.5 Å². The van der Waals surface area contributed by atoms with Crippen molar-refractivity contribution in [2.24, 2.45) is 5.92 Å². The van der Waals surface area contributed by atoms with Gasteiger partial charge in [-0.3, -0.25) is 4.90 Å². The average Bonchev–Trinajstić information content (AvgIpc) is 2.16. The topological polar surface area (TPSA) is 3.24 Å². The first-order valence-corrected chi connectivity index (χ1v) is 5.34. The van der Waals surface area contributed by atoms with Gasteiger partial charge in [0.15, 0.2) is 0 Å². The molecule has 2 atom stereocenters. The summed E-state index contributed by atoms with van der Waals surface area (Å²) in [7, 11) is 0. The molecule has 0 amide bonds.